The molecule has 21 heavy (non-hydrogen) atoms. The predicted octanol–water partition coefficient (Wildman–Crippen LogP) is 3.19. The lowest BCUT2D eigenvalue weighted by molar-refractivity contribution is -0.148. The average molecular weight is 281 g/mol. The molecule has 0 aromatic heterocycles. The van der Waals surface area contributed by atoms with Gasteiger partial charge in [0.25, 0.3) is 0 Å². The van der Waals surface area contributed by atoms with Crippen LogP contribution < -0.4 is 4.74 Å². The first kappa shape index (κ1) is 14.6. The van der Waals surface area contributed by atoms with E-state index in [0.29, 0.717) is 5.75 Å². The lowest BCUT2D eigenvalue weighted by atomic mass is 10.1. The molecule has 0 radical (unpaired) electrons. The van der Waals surface area contributed by atoms with Crippen molar-refractivity contribution in [2.45, 2.75) is 13.0 Å². The molecule has 0 bridgehead atoms. The minimum absolute atomic E-state index is 0.212. The molecule has 0 saturated carbocycles. The van der Waals surface area contributed by atoms with Gasteiger partial charge in [0, 0.05) is 0 Å². The van der Waals surface area contributed by atoms with Crippen molar-refractivity contribution in [2.75, 3.05) is 6.61 Å². The Morgan fingerprint density at radius 3 is 2.33 bits per heavy atom. The summed E-state index contributed by atoms with van der Waals surface area (Å²) in [5, 5.41) is 8.54. The summed E-state index contributed by atoms with van der Waals surface area (Å²) in [7, 11) is 0. The quantitative estimate of drug-likeness (QED) is 0.790. The third-order valence-electron chi connectivity index (χ3n) is 2.81. The fraction of sp³-hybridized carbons (Fsp3) is 0.176. The molecule has 0 aliphatic carbocycles. The standard InChI is InChI=1S/C17H15NO3/c1-13(11-18)21-17(19)12-20-16-9-7-15(8-10-16)14-5-3-2-4-6-14/h2-10,13H,12H2,1H3/t13-/m1/s1. The Balaban J connectivity index is 1.92. The molecule has 0 fully saturated rings. The van der Waals surface area contributed by atoms with Crippen LogP contribution >= 0.6 is 0 Å². The van der Waals surface area contributed by atoms with Crippen LogP contribution in [0.2, 0.25) is 0 Å². The number of ether oxygens (including phenoxy) is 2. The topological polar surface area (TPSA) is 59.3 Å². The average Bonchev–Trinajstić information content (AvgIpc) is 2.54. The lowest BCUT2D eigenvalue weighted by Gasteiger charge is -2.08. The van der Waals surface area contributed by atoms with E-state index in [-0.39, 0.29) is 6.61 Å². The van der Waals surface area contributed by atoms with Crippen molar-refractivity contribution in [1.82, 2.24) is 0 Å². The number of carbonyl (C=O) groups excluding carboxylic acids is 1. The summed E-state index contributed by atoms with van der Waals surface area (Å²) < 4.78 is 10.1. The van der Waals surface area contributed by atoms with Crippen LogP contribution in [0.1, 0.15) is 6.92 Å². The molecule has 0 aliphatic rings. The highest BCUT2D eigenvalue weighted by atomic mass is 16.6. The van der Waals surface area contributed by atoms with Crippen molar-refractivity contribution in [3.8, 4) is 22.9 Å². The Hall–Kier alpha value is -2.80. The van der Waals surface area contributed by atoms with Gasteiger partial charge < -0.3 is 9.47 Å². The first-order chi connectivity index (χ1) is 10.2. The molecule has 2 rings (SSSR count). The van der Waals surface area contributed by atoms with E-state index in [2.05, 4.69) is 0 Å². The van der Waals surface area contributed by atoms with Gasteiger partial charge >= 0.3 is 5.97 Å². The van der Waals surface area contributed by atoms with Crippen LogP contribution in [-0.4, -0.2) is 18.7 Å². The SMILES string of the molecule is C[C@H](C#N)OC(=O)COc1ccc(-c2ccccc2)cc1. The summed E-state index contributed by atoms with van der Waals surface area (Å²) in [6.07, 6.45) is -0.762. The van der Waals surface area contributed by atoms with Gasteiger partial charge in [-0.2, -0.15) is 5.26 Å². The highest BCUT2D eigenvalue weighted by Crippen LogP contribution is 2.21. The van der Waals surface area contributed by atoms with Crippen LogP contribution in [0.3, 0.4) is 0 Å². The Morgan fingerprint density at radius 1 is 1.10 bits per heavy atom. The first-order valence-corrected chi connectivity index (χ1v) is 6.56. The van der Waals surface area contributed by atoms with Crippen LogP contribution in [-0.2, 0) is 9.53 Å². The van der Waals surface area contributed by atoms with E-state index in [1.165, 1.54) is 6.92 Å². The molecule has 0 spiro atoms. The van der Waals surface area contributed by atoms with Gasteiger partial charge in [-0.05, 0) is 30.2 Å². The van der Waals surface area contributed by atoms with Gasteiger partial charge in [-0.15, -0.1) is 0 Å². The minimum Gasteiger partial charge on any atom is -0.482 e. The smallest absolute Gasteiger partial charge is 0.345 e. The number of hydrogen-bond acceptors (Lipinski definition) is 4. The monoisotopic (exact) mass is 281 g/mol. The van der Waals surface area contributed by atoms with E-state index >= 15 is 0 Å². The third-order valence-corrected chi connectivity index (χ3v) is 2.81. The van der Waals surface area contributed by atoms with Crippen molar-refractivity contribution < 1.29 is 14.3 Å². The molecular formula is C17H15NO3. The number of rotatable bonds is 5. The van der Waals surface area contributed by atoms with Gasteiger partial charge in [0.1, 0.15) is 11.8 Å². The maximum absolute atomic E-state index is 11.4. The number of benzene rings is 2. The highest BCUT2D eigenvalue weighted by molar-refractivity contribution is 5.71. The molecule has 0 N–H and O–H groups in total. The van der Waals surface area contributed by atoms with Crippen LogP contribution in [0, 0.1) is 11.3 Å². The normalized spacial score (nSPS) is 11.2. The Labute approximate surface area is 123 Å². The summed E-state index contributed by atoms with van der Waals surface area (Å²) in [4.78, 5) is 11.4. The maximum Gasteiger partial charge on any atom is 0.345 e. The number of nitrogens with zero attached hydrogens (tertiary/aromatic N) is 1. The van der Waals surface area contributed by atoms with Gasteiger partial charge in [0.05, 0.1) is 0 Å². The Bertz CT molecular complexity index is 629. The van der Waals surface area contributed by atoms with Gasteiger partial charge in [0.15, 0.2) is 12.7 Å². The molecule has 0 unspecified atom stereocenters. The second kappa shape index (κ2) is 7.11. The lowest BCUT2D eigenvalue weighted by Crippen LogP contribution is -2.19. The summed E-state index contributed by atoms with van der Waals surface area (Å²) in [5.41, 5.74) is 2.19. The van der Waals surface area contributed by atoms with Gasteiger partial charge in [-0.25, -0.2) is 4.79 Å². The van der Waals surface area contributed by atoms with Crippen molar-refractivity contribution >= 4 is 5.97 Å². The molecule has 0 heterocycles. The molecule has 0 aliphatic heterocycles. The van der Waals surface area contributed by atoms with E-state index in [1.807, 2.05) is 48.5 Å². The van der Waals surface area contributed by atoms with Crippen molar-refractivity contribution in [2.24, 2.45) is 0 Å². The largest absolute Gasteiger partial charge is 0.482 e. The van der Waals surface area contributed by atoms with Crippen LogP contribution in [0.15, 0.2) is 54.6 Å². The summed E-state index contributed by atoms with van der Waals surface area (Å²) in [6.45, 7) is 1.29. The van der Waals surface area contributed by atoms with E-state index in [9.17, 15) is 4.79 Å². The molecular weight excluding hydrogens is 266 g/mol. The molecule has 106 valence electrons. The zero-order valence-electron chi connectivity index (χ0n) is 11.7. The Kier molecular flexibility index (Phi) is 4.94. The van der Waals surface area contributed by atoms with Crippen LogP contribution in [0.5, 0.6) is 5.75 Å². The summed E-state index contributed by atoms with van der Waals surface area (Å²) in [5.74, 6) is 0.0208. The van der Waals surface area contributed by atoms with Crippen LogP contribution in [0.25, 0.3) is 11.1 Å². The predicted molar refractivity (Wildman–Crippen MR) is 78.5 cm³/mol. The number of nitriles is 1. The molecule has 0 saturated heterocycles. The maximum atomic E-state index is 11.4. The molecule has 4 heteroatoms. The molecule has 2 aromatic carbocycles. The van der Waals surface area contributed by atoms with Crippen molar-refractivity contribution in [3.05, 3.63) is 54.6 Å². The van der Waals surface area contributed by atoms with Gasteiger partial charge in [-0.1, -0.05) is 42.5 Å². The van der Waals surface area contributed by atoms with Crippen molar-refractivity contribution in [1.29, 1.82) is 5.26 Å². The third kappa shape index (κ3) is 4.36. The zero-order chi connectivity index (χ0) is 15.1. The van der Waals surface area contributed by atoms with E-state index in [4.69, 9.17) is 14.7 Å². The fourth-order valence-electron chi connectivity index (χ4n) is 1.77. The second-order valence-electron chi connectivity index (χ2n) is 4.44. The molecule has 0 amide bonds. The number of esters is 1. The van der Waals surface area contributed by atoms with Crippen LogP contribution in [0.4, 0.5) is 0 Å². The van der Waals surface area contributed by atoms with E-state index < -0.39 is 12.1 Å². The molecule has 2 aromatic rings. The molecule has 4 nitrogen and oxygen atoms in total. The number of carbonyl (C=O) groups is 1. The van der Waals surface area contributed by atoms with E-state index in [0.717, 1.165) is 11.1 Å². The van der Waals surface area contributed by atoms with Gasteiger partial charge in [0.2, 0.25) is 0 Å². The van der Waals surface area contributed by atoms with Gasteiger partial charge in [-0.3, -0.25) is 0 Å². The highest BCUT2D eigenvalue weighted by Gasteiger charge is 2.09. The minimum atomic E-state index is -0.762. The van der Waals surface area contributed by atoms with E-state index in [1.54, 1.807) is 12.1 Å². The molecule has 1 atom stereocenters. The van der Waals surface area contributed by atoms with Crippen molar-refractivity contribution in [3.63, 3.8) is 0 Å². The number of hydrogen-bond donors (Lipinski definition) is 0. The fourth-order valence-corrected chi connectivity index (χ4v) is 1.77. The first-order valence-electron chi connectivity index (χ1n) is 6.56. The summed E-state index contributed by atoms with van der Waals surface area (Å²) >= 11 is 0. The Morgan fingerprint density at radius 2 is 1.71 bits per heavy atom. The second-order valence-corrected chi connectivity index (χ2v) is 4.44. The zero-order valence-corrected chi connectivity index (χ0v) is 11.7. The summed E-state index contributed by atoms with van der Waals surface area (Å²) in [6, 6.07) is 19.2.